The van der Waals surface area contributed by atoms with Gasteiger partial charge in [0.25, 0.3) is 0 Å². The molecule has 3 nitrogen and oxygen atoms in total. The fourth-order valence-corrected chi connectivity index (χ4v) is 1.71. The van der Waals surface area contributed by atoms with E-state index in [1.165, 1.54) is 18.2 Å². The van der Waals surface area contributed by atoms with Crippen LogP contribution in [0.3, 0.4) is 0 Å². The third kappa shape index (κ3) is 2.93. The summed E-state index contributed by atoms with van der Waals surface area (Å²) >= 11 is 0. The molecule has 2 rings (SSSR count). The van der Waals surface area contributed by atoms with Crippen LogP contribution in [-0.2, 0) is 12.7 Å². The zero-order valence-corrected chi connectivity index (χ0v) is 10.0. The fourth-order valence-electron chi connectivity index (χ4n) is 1.71. The topological polar surface area (TPSA) is 29.9 Å². The van der Waals surface area contributed by atoms with Crippen molar-refractivity contribution in [2.24, 2.45) is 0 Å². The normalized spacial score (nSPS) is 11.8. The summed E-state index contributed by atoms with van der Waals surface area (Å²) in [6, 6.07) is 3.85. The molecule has 0 aliphatic rings. The lowest BCUT2D eigenvalue weighted by atomic mass is 10.1. The lowest BCUT2D eigenvalue weighted by Crippen LogP contribution is -2.10. The van der Waals surface area contributed by atoms with Crippen molar-refractivity contribution in [2.45, 2.75) is 12.7 Å². The van der Waals surface area contributed by atoms with Crippen molar-refractivity contribution in [1.29, 1.82) is 0 Å². The number of nitrogens with zero attached hydrogens (tertiary/aromatic N) is 2. The van der Waals surface area contributed by atoms with Crippen LogP contribution in [0.4, 0.5) is 17.6 Å². The van der Waals surface area contributed by atoms with Crippen LogP contribution >= 0.6 is 0 Å². The van der Waals surface area contributed by atoms with Gasteiger partial charge in [0.2, 0.25) is 0 Å². The van der Waals surface area contributed by atoms with Gasteiger partial charge in [-0.25, -0.2) is 9.07 Å². The molecule has 0 fully saturated rings. The quantitative estimate of drug-likeness (QED) is 0.871. The first-order chi connectivity index (χ1) is 8.91. The molecule has 102 valence electrons. The number of aromatic nitrogens is 2. The smallest absolute Gasteiger partial charge is 0.316 e. The second-order valence-electron chi connectivity index (χ2n) is 3.97. The summed E-state index contributed by atoms with van der Waals surface area (Å²) in [6.07, 6.45) is -2.82. The number of alkyl halides is 3. The van der Waals surface area contributed by atoms with Crippen LogP contribution in [0.5, 0.6) is 0 Å². The van der Waals surface area contributed by atoms with Crippen LogP contribution in [0.25, 0.3) is 5.69 Å². The molecule has 0 amide bonds. The fraction of sp³-hybridized carbons (Fsp3) is 0.250. The lowest BCUT2D eigenvalue weighted by Gasteiger charge is -2.09. The van der Waals surface area contributed by atoms with Gasteiger partial charge in [0.1, 0.15) is 5.82 Å². The molecule has 1 aromatic heterocycles. The Bertz CT molecular complexity index is 575. The summed E-state index contributed by atoms with van der Waals surface area (Å²) in [4.78, 5) is 0. The van der Waals surface area contributed by atoms with E-state index in [0.29, 0.717) is 17.8 Å². The van der Waals surface area contributed by atoms with Gasteiger partial charge >= 0.3 is 6.18 Å². The number of nitrogens with one attached hydrogen (secondary N) is 1. The Morgan fingerprint density at radius 2 is 2.05 bits per heavy atom. The summed E-state index contributed by atoms with van der Waals surface area (Å²) in [7, 11) is 1.67. The van der Waals surface area contributed by atoms with Crippen molar-refractivity contribution in [3.05, 3.63) is 47.5 Å². The minimum atomic E-state index is -4.44. The van der Waals surface area contributed by atoms with Gasteiger partial charge in [0, 0.05) is 12.7 Å². The van der Waals surface area contributed by atoms with Gasteiger partial charge in [-0.2, -0.15) is 18.3 Å². The van der Waals surface area contributed by atoms with Gasteiger partial charge in [0.05, 0.1) is 17.4 Å². The first kappa shape index (κ1) is 13.5. The SMILES string of the molecule is CNCc1cc(F)ccc1-n1cc(C(F)(F)F)cn1. The highest BCUT2D eigenvalue weighted by atomic mass is 19.4. The number of halogens is 4. The summed E-state index contributed by atoms with van der Waals surface area (Å²) in [5.41, 5.74) is 0.0952. The Kier molecular flexibility index (Phi) is 3.57. The molecule has 0 spiro atoms. The van der Waals surface area contributed by atoms with E-state index >= 15 is 0 Å². The van der Waals surface area contributed by atoms with Gasteiger partial charge in [0.15, 0.2) is 0 Å². The monoisotopic (exact) mass is 273 g/mol. The van der Waals surface area contributed by atoms with Crippen molar-refractivity contribution in [1.82, 2.24) is 15.1 Å². The molecule has 1 heterocycles. The molecule has 19 heavy (non-hydrogen) atoms. The molecule has 1 aromatic carbocycles. The number of rotatable bonds is 3. The maximum Gasteiger partial charge on any atom is 0.419 e. The summed E-state index contributed by atoms with van der Waals surface area (Å²) in [5.74, 6) is -0.447. The van der Waals surface area contributed by atoms with Crippen molar-refractivity contribution < 1.29 is 17.6 Å². The van der Waals surface area contributed by atoms with Crippen LogP contribution in [0.1, 0.15) is 11.1 Å². The standard InChI is InChI=1S/C12H11F4N3/c1-17-5-8-4-10(13)2-3-11(8)19-7-9(6-18-19)12(14,15)16/h2-4,6-7,17H,5H2,1H3. The maximum absolute atomic E-state index is 13.1. The van der Waals surface area contributed by atoms with Gasteiger partial charge in [-0.05, 0) is 30.8 Å². The van der Waals surface area contributed by atoms with Crippen molar-refractivity contribution in [3.63, 3.8) is 0 Å². The lowest BCUT2D eigenvalue weighted by molar-refractivity contribution is -0.137. The minimum Gasteiger partial charge on any atom is -0.316 e. The van der Waals surface area contributed by atoms with E-state index < -0.39 is 17.6 Å². The predicted molar refractivity (Wildman–Crippen MR) is 61.3 cm³/mol. The molecule has 7 heteroatoms. The van der Waals surface area contributed by atoms with Gasteiger partial charge in [-0.3, -0.25) is 0 Å². The molecule has 2 aromatic rings. The molecule has 0 aliphatic carbocycles. The largest absolute Gasteiger partial charge is 0.419 e. The Hall–Kier alpha value is -1.89. The highest BCUT2D eigenvalue weighted by Gasteiger charge is 2.32. The predicted octanol–water partition coefficient (Wildman–Crippen LogP) is 2.75. The molecule has 0 saturated carbocycles. The van der Waals surface area contributed by atoms with Crippen molar-refractivity contribution >= 4 is 0 Å². The van der Waals surface area contributed by atoms with E-state index in [0.717, 1.165) is 17.1 Å². The number of benzene rings is 1. The molecule has 0 aliphatic heterocycles. The third-order valence-corrected chi connectivity index (χ3v) is 2.57. The molecular weight excluding hydrogens is 262 g/mol. The number of hydrogen-bond acceptors (Lipinski definition) is 2. The average molecular weight is 273 g/mol. The zero-order valence-electron chi connectivity index (χ0n) is 10.0. The Morgan fingerprint density at radius 3 is 2.63 bits per heavy atom. The Labute approximate surface area is 106 Å². The van der Waals surface area contributed by atoms with Crippen LogP contribution in [0.2, 0.25) is 0 Å². The van der Waals surface area contributed by atoms with E-state index in [4.69, 9.17) is 0 Å². The molecule has 0 radical (unpaired) electrons. The third-order valence-electron chi connectivity index (χ3n) is 2.57. The molecule has 0 unspecified atom stereocenters. The van der Waals surface area contributed by atoms with Gasteiger partial charge in [-0.1, -0.05) is 0 Å². The second-order valence-corrected chi connectivity index (χ2v) is 3.97. The zero-order chi connectivity index (χ0) is 14.0. The van der Waals surface area contributed by atoms with E-state index in [1.807, 2.05) is 0 Å². The minimum absolute atomic E-state index is 0.328. The van der Waals surface area contributed by atoms with Crippen LogP contribution in [0.15, 0.2) is 30.6 Å². The highest BCUT2D eigenvalue weighted by Crippen LogP contribution is 2.29. The first-order valence-electron chi connectivity index (χ1n) is 5.47. The van der Waals surface area contributed by atoms with E-state index in [9.17, 15) is 17.6 Å². The maximum atomic E-state index is 13.1. The van der Waals surface area contributed by atoms with Crippen molar-refractivity contribution in [3.8, 4) is 5.69 Å². The van der Waals surface area contributed by atoms with Crippen LogP contribution < -0.4 is 5.32 Å². The highest BCUT2D eigenvalue weighted by molar-refractivity contribution is 5.41. The van der Waals surface area contributed by atoms with Crippen LogP contribution in [0, 0.1) is 5.82 Å². The summed E-state index contributed by atoms with van der Waals surface area (Å²) < 4.78 is 51.7. The summed E-state index contributed by atoms with van der Waals surface area (Å²) in [6.45, 7) is 0.328. The molecule has 0 bridgehead atoms. The first-order valence-corrected chi connectivity index (χ1v) is 5.47. The van der Waals surface area contributed by atoms with Crippen LogP contribution in [-0.4, -0.2) is 16.8 Å². The van der Waals surface area contributed by atoms with Crippen molar-refractivity contribution in [2.75, 3.05) is 7.05 Å². The van der Waals surface area contributed by atoms with E-state index in [1.54, 1.807) is 7.05 Å². The van der Waals surface area contributed by atoms with E-state index in [-0.39, 0.29) is 0 Å². The van der Waals surface area contributed by atoms with E-state index in [2.05, 4.69) is 10.4 Å². The Balaban J connectivity index is 2.44. The molecule has 0 saturated heterocycles. The Morgan fingerprint density at radius 1 is 1.32 bits per heavy atom. The average Bonchev–Trinajstić information content (AvgIpc) is 2.78. The van der Waals surface area contributed by atoms with Gasteiger partial charge < -0.3 is 5.32 Å². The molecule has 1 N–H and O–H groups in total. The molecular formula is C12H11F4N3. The number of hydrogen-bond donors (Lipinski definition) is 1. The summed E-state index contributed by atoms with van der Waals surface area (Å²) in [5, 5.41) is 6.50. The van der Waals surface area contributed by atoms with Gasteiger partial charge in [-0.15, -0.1) is 0 Å². The molecule has 0 atom stereocenters. The second kappa shape index (κ2) is 5.00.